The highest BCUT2D eigenvalue weighted by atomic mass is 16.5. The third kappa shape index (κ3) is 3.45. The van der Waals surface area contributed by atoms with Gasteiger partial charge in [-0.3, -0.25) is 0 Å². The van der Waals surface area contributed by atoms with Crippen LogP contribution in [0.2, 0.25) is 0 Å². The van der Waals surface area contributed by atoms with Crippen molar-refractivity contribution < 1.29 is 23.8 Å². The first-order chi connectivity index (χ1) is 11.4. The number of nitrogens with one attached hydrogen (secondary N) is 2. The SMILES string of the molecule is COc1cccc(C2NC(=O)NC(C)=C2C(=O)OC(C)C)c1OC. The summed E-state index contributed by atoms with van der Waals surface area (Å²) in [5.74, 6) is 0.469. The van der Waals surface area contributed by atoms with Gasteiger partial charge >= 0.3 is 12.0 Å². The fourth-order valence-corrected chi connectivity index (χ4v) is 2.61. The smallest absolute Gasteiger partial charge is 0.338 e. The number of amides is 2. The van der Waals surface area contributed by atoms with Crippen molar-refractivity contribution in [1.29, 1.82) is 0 Å². The Kier molecular flexibility index (Phi) is 5.33. The molecule has 1 aliphatic rings. The Bertz CT molecular complexity index is 682. The van der Waals surface area contributed by atoms with Crippen molar-refractivity contribution >= 4 is 12.0 Å². The van der Waals surface area contributed by atoms with E-state index in [2.05, 4.69) is 10.6 Å². The lowest BCUT2D eigenvalue weighted by Crippen LogP contribution is -2.45. The van der Waals surface area contributed by atoms with Crippen LogP contribution < -0.4 is 20.1 Å². The molecule has 0 fully saturated rings. The molecule has 7 nitrogen and oxygen atoms in total. The molecule has 0 saturated carbocycles. The van der Waals surface area contributed by atoms with Crippen molar-refractivity contribution in [3.05, 3.63) is 35.0 Å². The van der Waals surface area contributed by atoms with Gasteiger partial charge in [-0.05, 0) is 26.8 Å². The summed E-state index contributed by atoms with van der Waals surface area (Å²) in [6.07, 6.45) is -0.275. The summed E-state index contributed by atoms with van der Waals surface area (Å²) >= 11 is 0. The minimum atomic E-state index is -0.699. The van der Waals surface area contributed by atoms with E-state index >= 15 is 0 Å². The van der Waals surface area contributed by atoms with E-state index in [0.29, 0.717) is 28.3 Å². The van der Waals surface area contributed by atoms with Gasteiger partial charge in [0.15, 0.2) is 11.5 Å². The Morgan fingerprint density at radius 3 is 2.50 bits per heavy atom. The van der Waals surface area contributed by atoms with Gasteiger partial charge in [0, 0.05) is 11.3 Å². The number of hydrogen-bond donors (Lipinski definition) is 2. The van der Waals surface area contributed by atoms with Crippen molar-refractivity contribution in [2.45, 2.75) is 32.9 Å². The molecular weight excluding hydrogens is 312 g/mol. The summed E-state index contributed by atoms with van der Waals surface area (Å²) in [7, 11) is 3.03. The molecule has 1 atom stereocenters. The fraction of sp³-hybridized carbons (Fsp3) is 0.412. The number of para-hydroxylation sites is 1. The minimum Gasteiger partial charge on any atom is -0.493 e. The van der Waals surface area contributed by atoms with Gasteiger partial charge in [-0.1, -0.05) is 12.1 Å². The van der Waals surface area contributed by atoms with Crippen LogP contribution in [0.1, 0.15) is 32.4 Å². The molecule has 130 valence electrons. The summed E-state index contributed by atoms with van der Waals surface area (Å²) in [6.45, 7) is 5.20. The molecule has 1 aromatic carbocycles. The Morgan fingerprint density at radius 1 is 1.21 bits per heavy atom. The monoisotopic (exact) mass is 334 g/mol. The van der Waals surface area contributed by atoms with E-state index in [-0.39, 0.29) is 6.10 Å². The highest BCUT2D eigenvalue weighted by Gasteiger charge is 2.34. The highest BCUT2D eigenvalue weighted by molar-refractivity contribution is 5.95. The van der Waals surface area contributed by atoms with Gasteiger partial charge in [0.2, 0.25) is 0 Å². The number of carbonyl (C=O) groups excluding carboxylic acids is 2. The van der Waals surface area contributed by atoms with Crippen LogP contribution in [0.5, 0.6) is 11.5 Å². The van der Waals surface area contributed by atoms with Gasteiger partial charge in [0.05, 0.1) is 31.9 Å². The average Bonchev–Trinajstić information content (AvgIpc) is 2.52. The van der Waals surface area contributed by atoms with Crippen molar-refractivity contribution in [2.75, 3.05) is 14.2 Å². The maximum Gasteiger partial charge on any atom is 0.338 e. The third-order valence-corrected chi connectivity index (χ3v) is 3.58. The van der Waals surface area contributed by atoms with E-state index in [1.54, 1.807) is 39.0 Å². The number of allylic oxidation sites excluding steroid dienone is 1. The van der Waals surface area contributed by atoms with Gasteiger partial charge in [0.25, 0.3) is 0 Å². The first-order valence-corrected chi connectivity index (χ1v) is 7.59. The van der Waals surface area contributed by atoms with Crippen LogP contribution in [-0.2, 0) is 9.53 Å². The molecule has 0 aliphatic carbocycles. The van der Waals surface area contributed by atoms with Gasteiger partial charge < -0.3 is 24.8 Å². The second-order valence-corrected chi connectivity index (χ2v) is 5.61. The van der Waals surface area contributed by atoms with Crippen LogP contribution in [0.3, 0.4) is 0 Å². The Morgan fingerprint density at radius 2 is 1.92 bits per heavy atom. The van der Waals surface area contributed by atoms with Crippen LogP contribution in [0, 0.1) is 0 Å². The molecule has 0 aromatic heterocycles. The van der Waals surface area contributed by atoms with E-state index in [0.717, 1.165) is 0 Å². The molecule has 2 amide bonds. The van der Waals surface area contributed by atoms with Gasteiger partial charge in [-0.2, -0.15) is 0 Å². The van der Waals surface area contributed by atoms with Gasteiger partial charge in [-0.25, -0.2) is 9.59 Å². The Hall–Kier alpha value is -2.70. The van der Waals surface area contributed by atoms with Crippen LogP contribution in [0.25, 0.3) is 0 Å². The third-order valence-electron chi connectivity index (χ3n) is 3.58. The van der Waals surface area contributed by atoms with Crippen LogP contribution >= 0.6 is 0 Å². The fourth-order valence-electron chi connectivity index (χ4n) is 2.61. The first-order valence-electron chi connectivity index (χ1n) is 7.59. The standard InChI is InChI=1S/C17H22N2O5/c1-9(2)24-16(20)13-10(3)18-17(21)19-14(13)11-7-6-8-12(22-4)15(11)23-5/h6-9,14H,1-5H3,(H2,18,19,21). The summed E-state index contributed by atoms with van der Waals surface area (Å²) in [6, 6.07) is 4.19. The van der Waals surface area contributed by atoms with Crippen molar-refractivity contribution in [3.8, 4) is 11.5 Å². The van der Waals surface area contributed by atoms with Crippen molar-refractivity contribution in [3.63, 3.8) is 0 Å². The summed E-state index contributed by atoms with van der Waals surface area (Å²) in [5, 5.41) is 5.36. The molecular formula is C17H22N2O5. The molecule has 0 spiro atoms. The summed E-state index contributed by atoms with van der Waals surface area (Å²) in [5.41, 5.74) is 1.39. The lowest BCUT2D eigenvalue weighted by atomic mass is 9.94. The number of rotatable bonds is 5. The largest absolute Gasteiger partial charge is 0.493 e. The average molecular weight is 334 g/mol. The second kappa shape index (κ2) is 7.25. The lowest BCUT2D eigenvalue weighted by molar-refractivity contribution is -0.143. The second-order valence-electron chi connectivity index (χ2n) is 5.61. The molecule has 0 radical (unpaired) electrons. The van der Waals surface area contributed by atoms with Crippen LogP contribution in [-0.4, -0.2) is 32.3 Å². The maximum atomic E-state index is 12.5. The zero-order chi connectivity index (χ0) is 17.9. The molecule has 1 unspecified atom stereocenters. The number of hydrogen-bond acceptors (Lipinski definition) is 5. The van der Waals surface area contributed by atoms with Crippen molar-refractivity contribution in [1.82, 2.24) is 10.6 Å². The van der Waals surface area contributed by atoms with E-state index in [9.17, 15) is 9.59 Å². The van der Waals surface area contributed by atoms with Crippen LogP contribution in [0.4, 0.5) is 4.79 Å². The van der Waals surface area contributed by atoms with E-state index in [4.69, 9.17) is 14.2 Å². The highest BCUT2D eigenvalue weighted by Crippen LogP contribution is 2.39. The molecule has 1 heterocycles. The molecule has 1 aliphatic heterocycles. The molecule has 2 rings (SSSR count). The van der Waals surface area contributed by atoms with Gasteiger partial charge in [0.1, 0.15) is 0 Å². The zero-order valence-corrected chi connectivity index (χ0v) is 14.4. The molecule has 0 saturated heterocycles. The minimum absolute atomic E-state index is 0.275. The Labute approximate surface area is 141 Å². The lowest BCUT2D eigenvalue weighted by Gasteiger charge is -2.29. The topological polar surface area (TPSA) is 85.9 Å². The predicted octanol–water partition coefficient (Wildman–Crippen LogP) is 2.28. The number of urea groups is 1. The summed E-state index contributed by atoms with van der Waals surface area (Å²) < 4.78 is 16.0. The Balaban J connectivity index is 2.55. The maximum absolute atomic E-state index is 12.5. The molecule has 24 heavy (non-hydrogen) atoms. The molecule has 1 aromatic rings. The van der Waals surface area contributed by atoms with Crippen LogP contribution in [0.15, 0.2) is 29.5 Å². The predicted molar refractivity (Wildman–Crippen MR) is 87.9 cm³/mol. The normalized spacial score (nSPS) is 17.2. The van der Waals surface area contributed by atoms with Crippen molar-refractivity contribution in [2.24, 2.45) is 0 Å². The first kappa shape index (κ1) is 17.7. The zero-order valence-electron chi connectivity index (χ0n) is 14.4. The van der Waals surface area contributed by atoms with E-state index < -0.39 is 18.0 Å². The number of methoxy groups -OCH3 is 2. The molecule has 0 bridgehead atoms. The number of benzene rings is 1. The number of esters is 1. The quantitative estimate of drug-likeness (QED) is 0.807. The van der Waals surface area contributed by atoms with E-state index in [1.807, 2.05) is 0 Å². The molecule has 2 N–H and O–H groups in total. The summed E-state index contributed by atoms with van der Waals surface area (Å²) in [4.78, 5) is 24.4. The van der Waals surface area contributed by atoms with Gasteiger partial charge in [-0.15, -0.1) is 0 Å². The van der Waals surface area contributed by atoms with E-state index in [1.165, 1.54) is 14.2 Å². The number of carbonyl (C=O) groups is 2. The number of ether oxygens (including phenoxy) is 3. The molecule has 7 heteroatoms.